The highest BCUT2D eigenvalue weighted by molar-refractivity contribution is 9.10. The summed E-state index contributed by atoms with van der Waals surface area (Å²) in [5.74, 6) is -0.909. The van der Waals surface area contributed by atoms with E-state index in [1.54, 1.807) is 26.0 Å². The fourth-order valence-corrected chi connectivity index (χ4v) is 3.34. The van der Waals surface area contributed by atoms with Crippen LogP contribution in [0.5, 0.6) is 0 Å². The number of hydrogen-bond donors (Lipinski definition) is 2. The van der Waals surface area contributed by atoms with Crippen LogP contribution >= 0.6 is 15.9 Å². The highest BCUT2D eigenvalue weighted by Crippen LogP contribution is 2.17. The highest BCUT2D eigenvalue weighted by Gasteiger charge is 2.26. The Balaban J connectivity index is 3.05. The lowest BCUT2D eigenvalue weighted by Gasteiger charge is -2.18. The molecule has 0 saturated heterocycles. The standard InChI is InChI=1S/C11H15BrN2O3S/c1-7(2)10(11(13)15)14-18(16,17)9-5-3-4-8(12)6-9/h3-7,10,14H,1-2H3,(H2,13,15). The normalized spacial score (nSPS) is 13.6. The number of carbonyl (C=O) groups excluding carboxylic acids is 1. The van der Waals surface area contributed by atoms with Crippen LogP contribution in [0, 0.1) is 5.92 Å². The Morgan fingerprint density at radius 1 is 1.39 bits per heavy atom. The van der Waals surface area contributed by atoms with Gasteiger partial charge in [-0.1, -0.05) is 35.8 Å². The van der Waals surface area contributed by atoms with Gasteiger partial charge in [-0.3, -0.25) is 4.79 Å². The third kappa shape index (κ3) is 3.79. The lowest BCUT2D eigenvalue weighted by atomic mass is 10.1. The molecule has 0 bridgehead atoms. The van der Waals surface area contributed by atoms with Crippen LogP contribution in [-0.4, -0.2) is 20.4 Å². The number of carbonyl (C=O) groups is 1. The van der Waals surface area contributed by atoms with Crippen LogP contribution in [0.2, 0.25) is 0 Å². The van der Waals surface area contributed by atoms with Gasteiger partial charge >= 0.3 is 0 Å². The van der Waals surface area contributed by atoms with Crippen LogP contribution in [-0.2, 0) is 14.8 Å². The smallest absolute Gasteiger partial charge is 0.241 e. The number of primary amides is 1. The number of nitrogens with one attached hydrogen (secondary N) is 1. The van der Waals surface area contributed by atoms with Crippen LogP contribution in [0.4, 0.5) is 0 Å². The Hall–Kier alpha value is -0.920. The largest absolute Gasteiger partial charge is 0.368 e. The van der Waals surface area contributed by atoms with E-state index in [0.717, 1.165) is 0 Å². The van der Waals surface area contributed by atoms with E-state index in [-0.39, 0.29) is 10.8 Å². The number of nitrogens with two attached hydrogens (primary N) is 1. The summed E-state index contributed by atoms with van der Waals surface area (Å²) in [5.41, 5.74) is 5.18. The summed E-state index contributed by atoms with van der Waals surface area (Å²) < 4.78 is 27.1. The molecule has 1 aromatic rings. The number of halogens is 1. The topological polar surface area (TPSA) is 89.3 Å². The van der Waals surface area contributed by atoms with E-state index in [4.69, 9.17) is 5.73 Å². The fraction of sp³-hybridized carbons (Fsp3) is 0.364. The van der Waals surface area contributed by atoms with E-state index in [9.17, 15) is 13.2 Å². The van der Waals surface area contributed by atoms with Crippen molar-refractivity contribution < 1.29 is 13.2 Å². The Bertz CT molecular complexity index is 543. The monoisotopic (exact) mass is 334 g/mol. The number of amides is 1. The molecule has 0 saturated carbocycles. The van der Waals surface area contributed by atoms with Crippen molar-refractivity contribution >= 4 is 31.9 Å². The summed E-state index contributed by atoms with van der Waals surface area (Å²) >= 11 is 3.19. The lowest BCUT2D eigenvalue weighted by molar-refractivity contribution is -0.120. The molecule has 1 rings (SSSR count). The molecule has 18 heavy (non-hydrogen) atoms. The molecule has 0 aromatic heterocycles. The Kier molecular flexibility index (Phi) is 4.89. The van der Waals surface area contributed by atoms with Crippen molar-refractivity contribution in [1.82, 2.24) is 4.72 Å². The molecule has 7 heteroatoms. The van der Waals surface area contributed by atoms with E-state index >= 15 is 0 Å². The van der Waals surface area contributed by atoms with Gasteiger partial charge in [0.1, 0.15) is 6.04 Å². The van der Waals surface area contributed by atoms with Crippen LogP contribution in [0.3, 0.4) is 0 Å². The van der Waals surface area contributed by atoms with Gasteiger partial charge in [-0.15, -0.1) is 0 Å². The third-order valence-electron chi connectivity index (χ3n) is 2.36. The zero-order chi connectivity index (χ0) is 13.9. The molecule has 0 heterocycles. The van der Waals surface area contributed by atoms with E-state index < -0.39 is 22.0 Å². The Morgan fingerprint density at radius 3 is 2.44 bits per heavy atom. The summed E-state index contributed by atoms with van der Waals surface area (Å²) in [6.45, 7) is 3.44. The lowest BCUT2D eigenvalue weighted by Crippen LogP contribution is -2.47. The van der Waals surface area contributed by atoms with Crippen molar-refractivity contribution in [2.24, 2.45) is 11.7 Å². The number of sulfonamides is 1. The second-order valence-electron chi connectivity index (χ2n) is 4.20. The molecule has 1 aromatic carbocycles. The molecule has 0 aliphatic heterocycles. The van der Waals surface area contributed by atoms with Gasteiger partial charge in [0.05, 0.1) is 4.90 Å². The van der Waals surface area contributed by atoms with Crippen LogP contribution in [0.15, 0.2) is 33.6 Å². The zero-order valence-corrected chi connectivity index (χ0v) is 12.5. The quantitative estimate of drug-likeness (QED) is 0.848. The number of hydrogen-bond acceptors (Lipinski definition) is 3. The van der Waals surface area contributed by atoms with Crippen LogP contribution in [0.25, 0.3) is 0 Å². The average Bonchev–Trinajstić information content (AvgIpc) is 2.25. The van der Waals surface area contributed by atoms with Crippen molar-refractivity contribution in [1.29, 1.82) is 0 Å². The van der Waals surface area contributed by atoms with E-state index in [2.05, 4.69) is 20.7 Å². The first kappa shape index (κ1) is 15.1. The first-order chi connectivity index (χ1) is 8.24. The number of benzene rings is 1. The summed E-state index contributed by atoms with van der Waals surface area (Å²) in [4.78, 5) is 11.3. The fourth-order valence-electron chi connectivity index (χ4n) is 1.39. The Labute approximate surface area is 115 Å². The van der Waals surface area contributed by atoms with E-state index in [1.165, 1.54) is 12.1 Å². The molecular weight excluding hydrogens is 320 g/mol. The molecule has 3 N–H and O–H groups in total. The van der Waals surface area contributed by atoms with Crippen molar-refractivity contribution in [3.05, 3.63) is 28.7 Å². The van der Waals surface area contributed by atoms with Crippen LogP contribution in [0.1, 0.15) is 13.8 Å². The average molecular weight is 335 g/mol. The van der Waals surface area contributed by atoms with Gasteiger partial charge in [0.2, 0.25) is 15.9 Å². The summed E-state index contributed by atoms with van der Waals surface area (Å²) in [6, 6.07) is 5.31. The highest BCUT2D eigenvalue weighted by atomic mass is 79.9. The molecule has 1 unspecified atom stereocenters. The van der Waals surface area contributed by atoms with E-state index in [1.807, 2.05) is 0 Å². The maximum atomic E-state index is 12.1. The minimum atomic E-state index is -3.75. The molecule has 1 amide bonds. The van der Waals surface area contributed by atoms with Gasteiger partial charge in [-0.2, -0.15) is 4.72 Å². The Morgan fingerprint density at radius 2 is 2.00 bits per heavy atom. The molecule has 0 radical (unpaired) electrons. The molecule has 0 aliphatic carbocycles. The van der Waals surface area contributed by atoms with Gasteiger partial charge < -0.3 is 5.73 Å². The summed E-state index contributed by atoms with van der Waals surface area (Å²) in [6.07, 6.45) is 0. The predicted octanol–water partition coefficient (Wildman–Crippen LogP) is 1.24. The van der Waals surface area contributed by atoms with Crippen molar-refractivity contribution in [2.45, 2.75) is 24.8 Å². The maximum Gasteiger partial charge on any atom is 0.241 e. The first-order valence-electron chi connectivity index (χ1n) is 5.31. The third-order valence-corrected chi connectivity index (χ3v) is 4.29. The van der Waals surface area contributed by atoms with Crippen molar-refractivity contribution in [2.75, 3.05) is 0 Å². The van der Waals surface area contributed by atoms with Gasteiger partial charge in [-0.25, -0.2) is 8.42 Å². The van der Waals surface area contributed by atoms with Crippen LogP contribution < -0.4 is 10.5 Å². The van der Waals surface area contributed by atoms with Crippen molar-refractivity contribution in [3.8, 4) is 0 Å². The van der Waals surface area contributed by atoms with E-state index in [0.29, 0.717) is 4.47 Å². The zero-order valence-electron chi connectivity index (χ0n) is 10.1. The second-order valence-corrected chi connectivity index (χ2v) is 6.83. The van der Waals surface area contributed by atoms with Gasteiger partial charge in [0, 0.05) is 4.47 Å². The van der Waals surface area contributed by atoms with Gasteiger partial charge in [-0.05, 0) is 24.1 Å². The minimum Gasteiger partial charge on any atom is -0.368 e. The molecular formula is C11H15BrN2O3S. The molecule has 0 spiro atoms. The van der Waals surface area contributed by atoms with Gasteiger partial charge in [0.25, 0.3) is 0 Å². The molecule has 0 fully saturated rings. The first-order valence-corrected chi connectivity index (χ1v) is 7.59. The van der Waals surface area contributed by atoms with Crippen molar-refractivity contribution in [3.63, 3.8) is 0 Å². The predicted molar refractivity (Wildman–Crippen MR) is 72.3 cm³/mol. The summed E-state index contributed by atoms with van der Waals surface area (Å²) in [5, 5.41) is 0. The summed E-state index contributed by atoms with van der Waals surface area (Å²) in [7, 11) is -3.75. The van der Waals surface area contributed by atoms with Gasteiger partial charge in [0.15, 0.2) is 0 Å². The number of rotatable bonds is 5. The molecule has 1 atom stereocenters. The SMILES string of the molecule is CC(C)C(NS(=O)(=O)c1cccc(Br)c1)C(N)=O. The molecule has 100 valence electrons. The second kappa shape index (κ2) is 5.81. The molecule has 5 nitrogen and oxygen atoms in total. The maximum absolute atomic E-state index is 12.1. The minimum absolute atomic E-state index is 0.0868. The molecule has 0 aliphatic rings.